The van der Waals surface area contributed by atoms with Crippen molar-refractivity contribution in [2.24, 2.45) is 5.92 Å². The summed E-state index contributed by atoms with van der Waals surface area (Å²) in [6.07, 6.45) is 3.45. The number of hydrogen-bond acceptors (Lipinski definition) is 3. The van der Waals surface area contributed by atoms with Crippen LogP contribution in [0.15, 0.2) is 24.3 Å². The second-order valence-electron chi connectivity index (χ2n) is 5.60. The molecule has 0 spiro atoms. The van der Waals surface area contributed by atoms with Gasteiger partial charge in [0.2, 0.25) is 5.91 Å². The van der Waals surface area contributed by atoms with Crippen molar-refractivity contribution >= 4 is 11.6 Å². The molecule has 1 fully saturated rings. The molecule has 1 aromatic rings. The molecule has 1 aliphatic heterocycles. The van der Waals surface area contributed by atoms with Crippen LogP contribution in [-0.2, 0) is 4.79 Å². The Kier molecular flexibility index (Phi) is 6.14. The van der Waals surface area contributed by atoms with Crippen molar-refractivity contribution in [2.45, 2.75) is 25.7 Å². The maximum Gasteiger partial charge on any atom is 0.225 e. The lowest BCUT2D eigenvalue weighted by Gasteiger charge is -2.32. The number of rotatable bonds is 6. The van der Waals surface area contributed by atoms with E-state index in [0.717, 1.165) is 32.4 Å². The number of nitrogens with one attached hydrogen (secondary N) is 1. The van der Waals surface area contributed by atoms with E-state index in [4.69, 9.17) is 5.11 Å². The van der Waals surface area contributed by atoms with Gasteiger partial charge in [0.15, 0.2) is 0 Å². The second-order valence-corrected chi connectivity index (χ2v) is 5.60. The molecule has 2 N–H and O–H groups in total. The van der Waals surface area contributed by atoms with Crippen LogP contribution in [0.3, 0.4) is 0 Å². The first-order valence-corrected chi connectivity index (χ1v) is 7.56. The predicted octanol–water partition coefficient (Wildman–Crippen LogP) is 2.25. The first kappa shape index (κ1) is 15.9. The highest BCUT2D eigenvalue weighted by molar-refractivity contribution is 5.90. The molecule has 1 atom stereocenters. The van der Waals surface area contributed by atoms with Gasteiger partial charge in [0.05, 0.1) is 5.69 Å². The number of aliphatic hydroxyl groups is 1. The van der Waals surface area contributed by atoms with Crippen LogP contribution in [0.5, 0.6) is 0 Å². The standard InChI is InChI=1S/C16H23FN2O2/c17-14-5-1-2-6-15(14)18-16(21)7-10-19-9-3-4-13(12-19)8-11-20/h1-2,5-6,13,20H,3-4,7-12H2,(H,18,21). The SMILES string of the molecule is O=C(CCN1CCCC(CCO)C1)Nc1ccccc1F. The second kappa shape index (κ2) is 8.10. The van der Waals surface area contributed by atoms with E-state index in [1.54, 1.807) is 18.2 Å². The van der Waals surface area contributed by atoms with Crippen LogP contribution in [0.4, 0.5) is 10.1 Å². The molecule has 21 heavy (non-hydrogen) atoms. The molecule has 2 rings (SSSR count). The predicted molar refractivity (Wildman–Crippen MR) is 80.5 cm³/mol. The normalized spacial score (nSPS) is 19.4. The van der Waals surface area contributed by atoms with Crippen LogP contribution in [0.2, 0.25) is 0 Å². The number of nitrogens with zero attached hydrogens (tertiary/aromatic N) is 1. The number of amides is 1. The van der Waals surface area contributed by atoms with E-state index >= 15 is 0 Å². The van der Waals surface area contributed by atoms with Gasteiger partial charge < -0.3 is 15.3 Å². The number of aliphatic hydroxyl groups excluding tert-OH is 1. The zero-order valence-corrected chi connectivity index (χ0v) is 12.2. The van der Waals surface area contributed by atoms with Crippen molar-refractivity contribution in [3.8, 4) is 0 Å². The van der Waals surface area contributed by atoms with Gasteiger partial charge in [-0.25, -0.2) is 4.39 Å². The molecule has 1 heterocycles. The summed E-state index contributed by atoms with van der Waals surface area (Å²) >= 11 is 0. The number of hydrogen-bond donors (Lipinski definition) is 2. The van der Waals surface area contributed by atoms with E-state index < -0.39 is 5.82 Å². The van der Waals surface area contributed by atoms with Crippen molar-refractivity contribution in [1.29, 1.82) is 0 Å². The Hall–Kier alpha value is -1.46. The summed E-state index contributed by atoms with van der Waals surface area (Å²) in [5.41, 5.74) is 0.235. The number of halogens is 1. The summed E-state index contributed by atoms with van der Waals surface area (Å²) in [5.74, 6) is -0.0467. The lowest BCUT2D eigenvalue weighted by atomic mass is 9.95. The van der Waals surface area contributed by atoms with Gasteiger partial charge in [0.1, 0.15) is 5.82 Å². The number of piperidine rings is 1. The Balaban J connectivity index is 1.75. The summed E-state index contributed by atoms with van der Waals surface area (Å²) in [6, 6.07) is 6.19. The summed E-state index contributed by atoms with van der Waals surface area (Å²) in [5, 5.41) is 11.6. The highest BCUT2D eigenvalue weighted by Gasteiger charge is 2.19. The molecule has 1 amide bonds. The van der Waals surface area contributed by atoms with Crippen LogP contribution in [0.1, 0.15) is 25.7 Å². The molecule has 0 radical (unpaired) electrons. The van der Waals surface area contributed by atoms with E-state index in [9.17, 15) is 9.18 Å². The van der Waals surface area contributed by atoms with Crippen molar-refractivity contribution < 1.29 is 14.3 Å². The summed E-state index contributed by atoms with van der Waals surface area (Å²) in [4.78, 5) is 14.1. The molecule has 0 saturated carbocycles. The number of anilines is 1. The monoisotopic (exact) mass is 294 g/mol. The largest absolute Gasteiger partial charge is 0.396 e. The highest BCUT2D eigenvalue weighted by Crippen LogP contribution is 2.19. The number of likely N-dealkylation sites (tertiary alicyclic amines) is 1. The summed E-state index contributed by atoms with van der Waals surface area (Å²) in [6.45, 7) is 2.84. The van der Waals surface area contributed by atoms with Crippen LogP contribution in [0.25, 0.3) is 0 Å². The van der Waals surface area contributed by atoms with Crippen molar-refractivity contribution in [3.05, 3.63) is 30.1 Å². The molecule has 1 saturated heterocycles. The van der Waals surface area contributed by atoms with E-state index in [1.807, 2.05) is 0 Å². The van der Waals surface area contributed by atoms with Gasteiger partial charge in [0.25, 0.3) is 0 Å². The van der Waals surface area contributed by atoms with Gasteiger partial charge in [-0.05, 0) is 43.9 Å². The average molecular weight is 294 g/mol. The molecule has 4 nitrogen and oxygen atoms in total. The van der Waals surface area contributed by atoms with Crippen molar-refractivity contribution in [3.63, 3.8) is 0 Å². The average Bonchev–Trinajstić information content (AvgIpc) is 2.48. The molecular formula is C16H23FN2O2. The van der Waals surface area contributed by atoms with E-state index in [1.165, 1.54) is 6.07 Å². The molecule has 1 aromatic carbocycles. The first-order valence-electron chi connectivity index (χ1n) is 7.56. The topological polar surface area (TPSA) is 52.6 Å². The van der Waals surface area contributed by atoms with Crippen LogP contribution in [0, 0.1) is 11.7 Å². The number of para-hydroxylation sites is 1. The quantitative estimate of drug-likeness (QED) is 0.846. The molecule has 0 aliphatic carbocycles. The molecule has 116 valence electrons. The minimum absolute atomic E-state index is 0.163. The number of carbonyl (C=O) groups is 1. The zero-order valence-electron chi connectivity index (χ0n) is 12.2. The fourth-order valence-electron chi connectivity index (χ4n) is 2.81. The molecule has 0 aromatic heterocycles. The van der Waals surface area contributed by atoms with Crippen molar-refractivity contribution in [1.82, 2.24) is 4.90 Å². The Morgan fingerprint density at radius 2 is 2.24 bits per heavy atom. The van der Waals surface area contributed by atoms with Gasteiger partial charge >= 0.3 is 0 Å². The van der Waals surface area contributed by atoms with Gasteiger partial charge in [-0.2, -0.15) is 0 Å². The van der Waals surface area contributed by atoms with Gasteiger partial charge in [-0.15, -0.1) is 0 Å². The van der Waals surface area contributed by atoms with E-state index in [-0.39, 0.29) is 18.2 Å². The third kappa shape index (κ3) is 5.10. The van der Waals surface area contributed by atoms with Crippen LogP contribution in [-0.4, -0.2) is 42.2 Å². The zero-order chi connectivity index (χ0) is 15.1. The molecule has 1 aliphatic rings. The maximum absolute atomic E-state index is 13.4. The van der Waals surface area contributed by atoms with Gasteiger partial charge in [0, 0.05) is 26.1 Å². The number of carbonyl (C=O) groups excluding carboxylic acids is 1. The lowest BCUT2D eigenvalue weighted by Crippen LogP contribution is -2.37. The Bertz CT molecular complexity index is 465. The minimum atomic E-state index is -0.410. The maximum atomic E-state index is 13.4. The third-order valence-electron chi connectivity index (χ3n) is 3.94. The third-order valence-corrected chi connectivity index (χ3v) is 3.94. The Labute approximate surface area is 125 Å². The lowest BCUT2D eigenvalue weighted by molar-refractivity contribution is -0.116. The van der Waals surface area contributed by atoms with Crippen molar-refractivity contribution in [2.75, 3.05) is 31.6 Å². The first-order chi connectivity index (χ1) is 10.2. The summed E-state index contributed by atoms with van der Waals surface area (Å²) < 4.78 is 13.4. The smallest absolute Gasteiger partial charge is 0.225 e. The van der Waals surface area contributed by atoms with E-state index in [0.29, 0.717) is 18.9 Å². The minimum Gasteiger partial charge on any atom is -0.396 e. The Morgan fingerprint density at radius 3 is 3.00 bits per heavy atom. The molecule has 5 heteroatoms. The van der Waals surface area contributed by atoms with Crippen LogP contribution < -0.4 is 5.32 Å². The summed E-state index contributed by atoms with van der Waals surface area (Å²) in [7, 11) is 0. The fourth-order valence-corrected chi connectivity index (χ4v) is 2.81. The van der Waals surface area contributed by atoms with Gasteiger partial charge in [-0.3, -0.25) is 4.79 Å². The highest BCUT2D eigenvalue weighted by atomic mass is 19.1. The van der Waals surface area contributed by atoms with Crippen LogP contribution >= 0.6 is 0 Å². The molecular weight excluding hydrogens is 271 g/mol. The molecule has 1 unspecified atom stereocenters. The van der Waals surface area contributed by atoms with E-state index in [2.05, 4.69) is 10.2 Å². The number of benzene rings is 1. The molecule has 0 bridgehead atoms. The Morgan fingerprint density at radius 1 is 1.43 bits per heavy atom. The van der Waals surface area contributed by atoms with Gasteiger partial charge in [-0.1, -0.05) is 12.1 Å². The fraction of sp³-hybridized carbons (Fsp3) is 0.562.